The van der Waals surface area contributed by atoms with E-state index in [0.29, 0.717) is 0 Å². The standard InChI is InChI=1S/C18H23BrO2/c1-11(2)14-7-6-12(3)8-15(14)18-16(20-4)9-13(19)10-17(18)21-5/h8-10,14-15H,1,6-7H2,2-5H3/t14-,15+/m0/s1/i1D2,2+1. The van der Waals surface area contributed by atoms with Crippen LogP contribution in [0.2, 0.25) is 0 Å². The summed E-state index contributed by atoms with van der Waals surface area (Å²) in [4.78, 5) is 0. The summed E-state index contributed by atoms with van der Waals surface area (Å²) >= 11 is 3.49. The highest BCUT2D eigenvalue weighted by Gasteiger charge is 2.30. The number of allylic oxidation sites excluding steroid dienone is 3. The van der Waals surface area contributed by atoms with Crippen LogP contribution in [0, 0.1) is 5.92 Å². The summed E-state index contributed by atoms with van der Waals surface area (Å²) in [6, 6.07) is 3.88. The Bertz CT molecular complexity index is 623. The molecular weight excluding hydrogens is 329 g/mol. The van der Waals surface area contributed by atoms with Crippen molar-refractivity contribution in [3.63, 3.8) is 0 Å². The molecule has 21 heavy (non-hydrogen) atoms. The molecule has 2 rings (SSSR count). The van der Waals surface area contributed by atoms with Gasteiger partial charge in [-0.05, 0) is 44.7 Å². The lowest BCUT2D eigenvalue weighted by Crippen LogP contribution is -2.18. The number of methoxy groups -OCH3 is 2. The molecule has 1 aromatic rings. The molecule has 1 aliphatic carbocycles. The molecule has 3 heteroatoms. The molecule has 0 spiro atoms. The Morgan fingerprint density at radius 2 is 1.95 bits per heavy atom. The lowest BCUT2D eigenvalue weighted by Gasteiger charge is -2.32. The zero-order valence-electron chi connectivity index (χ0n) is 15.0. The first-order valence-corrected chi connectivity index (χ1v) is 7.91. The lowest BCUT2D eigenvalue weighted by molar-refractivity contribution is 0.368. The maximum absolute atomic E-state index is 7.71. The Morgan fingerprint density at radius 1 is 1.33 bits per heavy atom. The molecule has 0 bridgehead atoms. The zero-order valence-corrected chi connectivity index (χ0v) is 14.6. The maximum Gasteiger partial charge on any atom is 0.127 e. The van der Waals surface area contributed by atoms with Gasteiger partial charge in [-0.2, -0.15) is 0 Å². The number of ether oxygens (including phenoxy) is 2. The Morgan fingerprint density at radius 3 is 2.48 bits per heavy atom. The van der Waals surface area contributed by atoms with Gasteiger partial charge in [0.05, 0.1) is 17.0 Å². The molecule has 0 aliphatic heterocycles. The quantitative estimate of drug-likeness (QED) is 0.526. The smallest absolute Gasteiger partial charge is 0.127 e. The van der Waals surface area contributed by atoms with E-state index in [-0.39, 0.29) is 18.4 Å². The van der Waals surface area contributed by atoms with Crippen LogP contribution in [0.1, 0.15) is 40.9 Å². The van der Waals surface area contributed by atoms with Gasteiger partial charge in [-0.15, -0.1) is 0 Å². The van der Waals surface area contributed by atoms with Crippen molar-refractivity contribution >= 4 is 15.9 Å². The Balaban J connectivity index is 2.65. The summed E-state index contributed by atoms with van der Waals surface area (Å²) in [5, 5.41) is 0. The van der Waals surface area contributed by atoms with E-state index in [1.165, 1.54) is 5.57 Å². The second kappa shape index (κ2) is 6.69. The molecule has 1 aromatic carbocycles. The lowest BCUT2D eigenvalue weighted by atomic mass is 9.75. The topological polar surface area (TPSA) is 18.5 Å². The average Bonchev–Trinajstić information content (AvgIpc) is 2.52. The number of benzene rings is 1. The minimum absolute atomic E-state index is 0.0486. The Labute approximate surface area is 138 Å². The third kappa shape index (κ3) is 3.34. The van der Waals surface area contributed by atoms with Crippen molar-refractivity contribution in [1.29, 1.82) is 0 Å². The summed E-state index contributed by atoms with van der Waals surface area (Å²) in [5.41, 5.74) is 3.12. The molecule has 0 unspecified atom stereocenters. The minimum atomic E-state index is -0.0944. The third-order valence-corrected chi connectivity index (χ3v) is 4.60. The number of hydrogen-bond acceptors (Lipinski definition) is 2. The van der Waals surface area contributed by atoms with Gasteiger partial charge < -0.3 is 9.47 Å². The molecule has 1 aliphatic rings. The predicted octanol–water partition coefficient (Wildman–Crippen LogP) is 5.48. The largest absolute Gasteiger partial charge is 0.496 e. The SMILES string of the molecule is [2H]C([2H])=C([13CH3])[C@@H]1CCC(C)=C[C@H]1c1c(OC)cc(Br)cc1OC. The molecule has 0 saturated heterocycles. The van der Waals surface area contributed by atoms with Crippen LogP contribution >= 0.6 is 15.9 Å². The van der Waals surface area contributed by atoms with Crippen LogP contribution in [0.5, 0.6) is 11.5 Å². The first-order valence-electron chi connectivity index (χ1n) is 8.11. The van der Waals surface area contributed by atoms with Crippen molar-refractivity contribution in [2.45, 2.75) is 32.6 Å². The molecule has 0 heterocycles. The summed E-state index contributed by atoms with van der Waals surface area (Å²) < 4.78 is 27.5. The maximum atomic E-state index is 7.71. The number of hydrogen-bond donors (Lipinski definition) is 0. The van der Waals surface area contributed by atoms with Crippen molar-refractivity contribution < 1.29 is 12.2 Å². The van der Waals surface area contributed by atoms with Crippen molar-refractivity contribution in [2.75, 3.05) is 14.2 Å². The van der Waals surface area contributed by atoms with E-state index >= 15 is 0 Å². The highest BCUT2D eigenvalue weighted by molar-refractivity contribution is 9.10. The van der Waals surface area contributed by atoms with Crippen molar-refractivity contribution in [3.05, 3.63) is 45.9 Å². The van der Waals surface area contributed by atoms with E-state index in [9.17, 15) is 0 Å². The van der Waals surface area contributed by atoms with Crippen LogP contribution in [0.25, 0.3) is 0 Å². The minimum Gasteiger partial charge on any atom is -0.496 e. The summed E-state index contributed by atoms with van der Waals surface area (Å²) in [6.45, 7) is 3.92. The first kappa shape index (κ1) is 13.4. The molecule has 0 fully saturated rings. The van der Waals surface area contributed by atoms with Crippen LogP contribution in [-0.4, -0.2) is 14.2 Å². The molecule has 2 nitrogen and oxygen atoms in total. The summed E-state index contributed by atoms with van der Waals surface area (Å²) in [5.74, 6) is 1.70. The van der Waals surface area contributed by atoms with Gasteiger partial charge in [0.2, 0.25) is 0 Å². The normalized spacial score (nSPS) is 22.8. The third-order valence-electron chi connectivity index (χ3n) is 4.15. The van der Waals surface area contributed by atoms with Crippen molar-refractivity contribution in [2.24, 2.45) is 5.92 Å². The molecule has 0 radical (unpaired) electrons. The van der Waals surface area contributed by atoms with Gasteiger partial charge in [-0.1, -0.05) is 39.7 Å². The molecule has 0 saturated carbocycles. The fourth-order valence-electron chi connectivity index (χ4n) is 3.07. The van der Waals surface area contributed by atoms with Gasteiger partial charge in [0.25, 0.3) is 0 Å². The fraction of sp³-hybridized carbons (Fsp3) is 0.444. The summed E-state index contributed by atoms with van der Waals surface area (Å²) in [6.07, 6.45) is 4.16. The molecule has 114 valence electrons. The predicted molar refractivity (Wildman–Crippen MR) is 91.3 cm³/mol. The van der Waals surface area contributed by atoms with E-state index in [1.807, 2.05) is 19.1 Å². The molecular formula is C18H23BrO2. The van der Waals surface area contributed by atoms with E-state index in [0.717, 1.165) is 39.9 Å². The molecule has 2 atom stereocenters. The van der Waals surface area contributed by atoms with Gasteiger partial charge in [0, 0.05) is 16.0 Å². The molecule has 0 aromatic heterocycles. The second-order valence-corrected chi connectivity index (χ2v) is 6.51. The number of halogens is 1. The highest BCUT2D eigenvalue weighted by Crippen LogP contribution is 2.47. The second-order valence-electron chi connectivity index (χ2n) is 5.59. The van der Waals surface area contributed by atoms with Crippen LogP contribution < -0.4 is 9.47 Å². The van der Waals surface area contributed by atoms with E-state index < -0.39 is 0 Å². The Hall–Kier alpha value is -1.22. The molecule has 0 amide bonds. The zero-order chi connectivity index (χ0) is 17.1. The first-order chi connectivity index (χ1) is 10.9. The van der Waals surface area contributed by atoms with Gasteiger partial charge >= 0.3 is 0 Å². The van der Waals surface area contributed by atoms with Crippen LogP contribution in [0.3, 0.4) is 0 Å². The van der Waals surface area contributed by atoms with Crippen molar-refractivity contribution in [1.82, 2.24) is 0 Å². The van der Waals surface area contributed by atoms with E-state index in [2.05, 4.69) is 28.9 Å². The van der Waals surface area contributed by atoms with Gasteiger partial charge in [-0.25, -0.2) is 0 Å². The monoisotopic (exact) mass is 353 g/mol. The highest BCUT2D eigenvalue weighted by atomic mass is 79.9. The Kier molecular flexibility index (Phi) is 4.29. The van der Waals surface area contributed by atoms with Crippen molar-refractivity contribution in [3.8, 4) is 11.5 Å². The average molecular weight is 354 g/mol. The van der Waals surface area contributed by atoms with Crippen LogP contribution in [-0.2, 0) is 0 Å². The van der Waals surface area contributed by atoms with Crippen LogP contribution in [0.15, 0.2) is 40.4 Å². The van der Waals surface area contributed by atoms with Gasteiger partial charge in [0.15, 0.2) is 0 Å². The van der Waals surface area contributed by atoms with Crippen LogP contribution in [0.4, 0.5) is 0 Å². The van der Waals surface area contributed by atoms with E-state index in [4.69, 9.17) is 12.2 Å². The fourth-order valence-corrected chi connectivity index (χ4v) is 3.49. The molecule has 0 N–H and O–H groups in total. The number of rotatable bonds is 4. The summed E-state index contributed by atoms with van der Waals surface area (Å²) in [7, 11) is 3.31. The van der Waals surface area contributed by atoms with Gasteiger partial charge in [0.1, 0.15) is 11.5 Å². The van der Waals surface area contributed by atoms with Gasteiger partial charge in [-0.3, -0.25) is 0 Å². The van der Waals surface area contributed by atoms with E-state index in [1.54, 1.807) is 14.2 Å².